The highest BCUT2D eigenvalue weighted by molar-refractivity contribution is 7.99. The van der Waals surface area contributed by atoms with Crippen LogP contribution in [0.5, 0.6) is 5.75 Å². The number of benzene rings is 3. The molecule has 1 saturated heterocycles. The highest BCUT2D eigenvalue weighted by Gasteiger charge is 2.31. The van der Waals surface area contributed by atoms with Crippen molar-refractivity contribution in [2.45, 2.75) is 14.7 Å². The van der Waals surface area contributed by atoms with Crippen molar-refractivity contribution in [2.75, 3.05) is 38.2 Å². The Kier molecular flexibility index (Phi) is 7.75. The van der Waals surface area contributed by atoms with Crippen molar-refractivity contribution in [3.8, 4) is 11.4 Å². The smallest absolute Gasteiger partial charge is 0.287 e. The summed E-state index contributed by atoms with van der Waals surface area (Å²) in [7, 11) is -2.13. The zero-order valence-corrected chi connectivity index (χ0v) is 22.9. The minimum atomic E-state index is -3.74. The molecule has 3 aromatic carbocycles. The molecule has 0 atom stereocenters. The van der Waals surface area contributed by atoms with Gasteiger partial charge in [0.1, 0.15) is 15.5 Å². The third-order valence-electron chi connectivity index (χ3n) is 6.23. The van der Waals surface area contributed by atoms with E-state index in [1.807, 2.05) is 59.5 Å². The lowest BCUT2D eigenvalue weighted by Crippen LogP contribution is -2.49. The van der Waals surface area contributed by atoms with E-state index in [2.05, 4.69) is 5.10 Å². The first-order chi connectivity index (χ1) is 18.4. The second-order valence-electron chi connectivity index (χ2n) is 8.51. The van der Waals surface area contributed by atoms with Crippen molar-refractivity contribution in [1.29, 1.82) is 0 Å². The van der Waals surface area contributed by atoms with Gasteiger partial charge in [-0.05, 0) is 48.5 Å². The topological polar surface area (TPSA) is 84.7 Å². The number of aromatic nitrogens is 2. The Morgan fingerprint density at radius 3 is 2.21 bits per heavy atom. The quantitative estimate of drug-likeness (QED) is 0.323. The third kappa shape index (κ3) is 5.30. The van der Waals surface area contributed by atoms with Crippen LogP contribution in [-0.2, 0) is 10.0 Å². The third-order valence-corrected chi connectivity index (χ3v) is 9.72. The van der Waals surface area contributed by atoms with Crippen LogP contribution in [0.2, 0.25) is 5.02 Å². The van der Waals surface area contributed by atoms with Crippen LogP contribution in [0.15, 0.2) is 105 Å². The monoisotopic (exact) mass is 568 g/mol. The van der Waals surface area contributed by atoms with E-state index in [0.717, 1.165) is 10.6 Å². The van der Waals surface area contributed by atoms with Gasteiger partial charge in [-0.2, -0.15) is 14.1 Å². The van der Waals surface area contributed by atoms with Crippen molar-refractivity contribution in [3.05, 3.63) is 100 Å². The molecule has 2 heterocycles. The minimum absolute atomic E-state index is 0.0954. The summed E-state index contributed by atoms with van der Waals surface area (Å²) in [4.78, 5) is 17.2. The Balaban J connectivity index is 1.46. The number of hydrogen-bond donors (Lipinski definition) is 0. The average Bonchev–Trinajstić information content (AvgIpc) is 2.95. The number of piperazine rings is 1. The van der Waals surface area contributed by atoms with Crippen LogP contribution >= 0.6 is 23.4 Å². The standard InChI is InChI=1S/C27H25ClN4O4S2/c1-36-21-11-13-22(14-12-21)37-26-24(19-29-32(27(26)33)20-7-3-2-4-8-20)30-15-17-31(18-16-30)38(34,35)25-10-6-5-9-23(25)28/h2-14,19H,15-18H2,1H3. The maximum Gasteiger partial charge on any atom is 0.287 e. The van der Waals surface area contributed by atoms with Gasteiger partial charge in [-0.15, -0.1) is 0 Å². The lowest BCUT2D eigenvalue weighted by Gasteiger charge is -2.36. The summed E-state index contributed by atoms with van der Waals surface area (Å²) in [6.07, 6.45) is 1.68. The number of rotatable bonds is 7. The number of ether oxygens (including phenoxy) is 1. The molecule has 196 valence electrons. The summed E-state index contributed by atoms with van der Waals surface area (Å²) in [6, 6.07) is 23.2. The first-order valence-electron chi connectivity index (χ1n) is 11.9. The molecule has 1 aromatic heterocycles. The lowest BCUT2D eigenvalue weighted by molar-refractivity contribution is 0.384. The maximum atomic E-state index is 13.7. The Morgan fingerprint density at radius 2 is 1.55 bits per heavy atom. The summed E-state index contributed by atoms with van der Waals surface area (Å²) in [6.45, 7) is 1.30. The molecular formula is C27H25ClN4O4S2. The highest BCUT2D eigenvalue weighted by Crippen LogP contribution is 2.34. The number of sulfonamides is 1. The van der Waals surface area contributed by atoms with Gasteiger partial charge >= 0.3 is 0 Å². The summed E-state index contributed by atoms with van der Waals surface area (Å²) >= 11 is 7.53. The van der Waals surface area contributed by atoms with Gasteiger partial charge < -0.3 is 9.64 Å². The van der Waals surface area contributed by atoms with Crippen LogP contribution in [0.4, 0.5) is 5.69 Å². The van der Waals surface area contributed by atoms with E-state index < -0.39 is 10.0 Å². The van der Waals surface area contributed by atoms with Gasteiger partial charge in [0, 0.05) is 31.1 Å². The Labute approximate surface area is 230 Å². The zero-order chi connectivity index (χ0) is 26.7. The second kappa shape index (κ2) is 11.2. The van der Waals surface area contributed by atoms with Crippen molar-refractivity contribution in [2.24, 2.45) is 0 Å². The van der Waals surface area contributed by atoms with Crippen LogP contribution < -0.4 is 15.2 Å². The van der Waals surface area contributed by atoms with E-state index >= 15 is 0 Å². The van der Waals surface area contributed by atoms with Crippen molar-refractivity contribution >= 4 is 39.1 Å². The molecule has 11 heteroatoms. The molecule has 1 aliphatic rings. The van der Waals surface area contributed by atoms with Crippen LogP contribution in [0, 0.1) is 0 Å². The van der Waals surface area contributed by atoms with Gasteiger partial charge in [0.15, 0.2) is 0 Å². The molecule has 0 aliphatic carbocycles. The van der Waals surface area contributed by atoms with Crippen molar-refractivity contribution < 1.29 is 13.2 Å². The highest BCUT2D eigenvalue weighted by atomic mass is 35.5. The minimum Gasteiger partial charge on any atom is -0.497 e. The normalized spacial score (nSPS) is 14.4. The van der Waals surface area contributed by atoms with E-state index in [4.69, 9.17) is 16.3 Å². The lowest BCUT2D eigenvalue weighted by atomic mass is 10.3. The van der Waals surface area contributed by atoms with Gasteiger partial charge in [0.2, 0.25) is 10.0 Å². The van der Waals surface area contributed by atoms with E-state index in [0.29, 0.717) is 29.4 Å². The van der Waals surface area contributed by atoms with E-state index in [1.54, 1.807) is 31.5 Å². The summed E-state index contributed by atoms with van der Waals surface area (Å²) in [5, 5.41) is 4.66. The van der Waals surface area contributed by atoms with Crippen LogP contribution in [0.3, 0.4) is 0 Å². The van der Waals surface area contributed by atoms with Crippen molar-refractivity contribution in [3.63, 3.8) is 0 Å². The Hall–Kier alpha value is -3.31. The molecule has 38 heavy (non-hydrogen) atoms. The fraction of sp³-hybridized carbons (Fsp3) is 0.185. The van der Waals surface area contributed by atoms with E-state index in [1.165, 1.54) is 26.8 Å². The van der Waals surface area contributed by atoms with E-state index in [9.17, 15) is 13.2 Å². The summed E-state index contributed by atoms with van der Waals surface area (Å²) < 4.78 is 34.5. The van der Waals surface area contributed by atoms with Crippen molar-refractivity contribution in [1.82, 2.24) is 14.1 Å². The molecular weight excluding hydrogens is 544 g/mol. The fourth-order valence-corrected chi connectivity index (χ4v) is 7.11. The average molecular weight is 569 g/mol. The molecule has 1 fully saturated rings. The molecule has 0 radical (unpaired) electrons. The number of methoxy groups -OCH3 is 1. The van der Waals surface area contributed by atoms with Crippen LogP contribution in [0.25, 0.3) is 5.69 Å². The van der Waals surface area contributed by atoms with Gasteiger partial charge in [0.25, 0.3) is 5.56 Å². The van der Waals surface area contributed by atoms with Gasteiger partial charge in [0.05, 0.1) is 29.7 Å². The number of nitrogens with zero attached hydrogens (tertiary/aromatic N) is 4. The molecule has 0 N–H and O–H groups in total. The maximum absolute atomic E-state index is 13.7. The number of hydrogen-bond acceptors (Lipinski definition) is 7. The molecule has 8 nitrogen and oxygen atoms in total. The van der Waals surface area contributed by atoms with Gasteiger partial charge in [-0.25, -0.2) is 8.42 Å². The fourth-order valence-electron chi connectivity index (χ4n) is 4.23. The van der Waals surface area contributed by atoms with Crippen LogP contribution in [0.1, 0.15) is 0 Å². The Bertz CT molecular complexity index is 1590. The number of para-hydroxylation sites is 1. The first kappa shape index (κ1) is 26.3. The molecule has 4 aromatic rings. The molecule has 1 aliphatic heterocycles. The number of halogens is 1. The van der Waals surface area contributed by atoms with E-state index in [-0.39, 0.29) is 28.6 Å². The second-order valence-corrected chi connectivity index (χ2v) is 11.9. The molecule has 0 unspecified atom stereocenters. The molecule has 0 spiro atoms. The SMILES string of the molecule is COc1ccc(Sc2c(N3CCN(S(=O)(=O)c4ccccc4Cl)CC3)cnn(-c3ccccc3)c2=O)cc1. The molecule has 0 saturated carbocycles. The predicted octanol–water partition coefficient (Wildman–Crippen LogP) is 4.56. The number of anilines is 1. The van der Waals surface area contributed by atoms with Gasteiger partial charge in [-0.1, -0.05) is 53.7 Å². The first-order valence-corrected chi connectivity index (χ1v) is 14.5. The predicted molar refractivity (Wildman–Crippen MR) is 149 cm³/mol. The molecule has 5 rings (SSSR count). The van der Waals surface area contributed by atoms with Crippen LogP contribution in [-0.4, -0.2) is 55.8 Å². The largest absolute Gasteiger partial charge is 0.497 e. The summed E-state index contributed by atoms with van der Waals surface area (Å²) in [5.41, 5.74) is 1.08. The van der Waals surface area contributed by atoms with Gasteiger partial charge in [-0.3, -0.25) is 4.79 Å². The molecule has 0 bridgehead atoms. The molecule has 0 amide bonds. The zero-order valence-electron chi connectivity index (χ0n) is 20.5. The summed E-state index contributed by atoms with van der Waals surface area (Å²) in [5.74, 6) is 0.724. The Morgan fingerprint density at radius 1 is 0.895 bits per heavy atom.